The van der Waals surface area contributed by atoms with Crippen LogP contribution in [-0.2, 0) is 6.18 Å². The minimum Gasteiger partial charge on any atom is -0.309 e. The van der Waals surface area contributed by atoms with Crippen LogP contribution in [0, 0.1) is 27.7 Å². The fourth-order valence-electron chi connectivity index (χ4n) is 8.88. The van der Waals surface area contributed by atoms with Crippen LogP contribution < -0.4 is 0 Å². The number of nitrogens with zero attached hydrogens (tertiary/aromatic N) is 4. The molecule has 0 aliphatic rings. The molecule has 4 nitrogen and oxygen atoms in total. The maximum Gasteiger partial charge on any atom is 0.417 e. The van der Waals surface area contributed by atoms with Crippen LogP contribution >= 0.6 is 0 Å². The Morgan fingerprint density at radius 3 is 1.32 bits per heavy atom. The molecule has 0 amide bonds. The zero-order valence-electron chi connectivity index (χ0n) is 35.2. The lowest BCUT2D eigenvalue weighted by atomic mass is 9.95. The Kier molecular flexibility index (Phi) is 9.83. The van der Waals surface area contributed by atoms with Gasteiger partial charge in [0.05, 0.1) is 22.3 Å². The fraction of sp³-hybridized carbons (Fsp3) is 0.0893. The number of halogens is 3. The maximum atomic E-state index is 15.0. The second kappa shape index (κ2) is 15.7. The molecule has 2 aromatic heterocycles. The maximum absolute atomic E-state index is 15.0. The van der Waals surface area contributed by atoms with Gasteiger partial charge in [-0.3, -0.25) is 0 Å². The van der Waals surface area contributed by atoms with E-state index in [1.807, 2.05) is 72.8 Å². The highest BCUT2D eigenvalue weighted by molar-refractivity contribution is 6.12. The van der Waals surface area contributed by atoms with Crippen LogP contribution in [0.1, 0.15) is 27.8 Å². The molecule has 0 spiro atoms. The van der Waals surface area contributed by atoms with Gasteiger partial charge in [-0.05, 0) is 103 Å². The first kappa shape index (κ1) is 39.5. The van der Waals surface area contributed by atoms with Gasteiger partial charge in [0.15, 0.2) is 17.5 Å². The minimum absolute atomic E-state index is 0.0750. The Labute approximate surface area is 364 Å². The summed E-state index contributed by atoms with van der Waals surface area (Å²) >= 11 is 0. The second-order valence-electron chi connectivity index (χ2n) is 16.2. The summed E-state index contributed by atoms with van der Waals surface area (Å²) in [5, 5.41) is 1.96. The van der Waals surface area contributed by atoms with Gasteiger partial charge in [-0.25, -0.2) is 15.0 Å². The van der Waals surface area contributed by atoms with Crippen molar-refractivity contribution in [3.63, 3.8) is 0 Å². The summed E-state index contributed by atoms with van der Waals surface area (Å²) in [4.78, 5) is 14.9. The Balaban J connectivity index is 1.28. The number of benzene rings is 8. The summed E-state index contributed by atoms with van der Waals surface area (Å²) in [6.45, 7) is 8.43. The van der Waals surface area contributed by atoms with E-state index in [9.17, 15) is 13.2 Å². The number of hydrogen-bond acceptors (Lipinski definition) is 3. The summed E-state index contributed by atoms with van der Waals surface area (Å²) in [6.07, 6.45) is -4.60. The monoisotopic (exact) mass is 826 g/mol. The van der Waals surface area contributed by atoms with Crippen molar-refractivity contribution in [2.24, 2.45) is 0 Å². The first-order chi connectivity index (χ1) is 30.5. The van der Waals surface area contributed by atoms with E-state index in [0.717, 1.165) is 72.4 Å². The lowest BCUT2D eigenvalue weighted by Gasteiger charge is -2.19. The summed E-state index contributed by atoms with van der Waals surface area (Å²) in [5.74, 6) is 1.37. The van der Waals surface area contributed by atoms with Crippen LogP contribution in [0.4, 0.5) is 13.2 Å². The van der Waals surface area contributed by atoms with E-state index in [4.69, 9.17) is 15.0 Å². The quantitative estimate of drug-likeness (QED) is 0.161. The molecule has 2 heterocycles. The van der Waals surface area contributed by atoms with Gasteiger partial charge in [0.2, 0.25) is 0 Å². The molecule has 0 radical (unpaired) electrons. The van der Waals surface area contributed by atoms with E-state index in [2.05, 4.69) is 105 Å². The SMILES string of the molecule is Cc1ccc(-c2ccc3c(c2)c2cc(-c4ccc(C)cc4C)ccc2n3-c2cc(-c3nc(-c4ccccc4)nc(-c4ccccc4)n3)ccc2-c2ccccc2C(F)(F)F)c(C)c1. The molecule has 10 aromatic rings. The zero-order chi connectivity index (χ0) is 43.4. The highest BCUT2D eigenvalue weighted by Gasteiger charge is 2.34. The van der Waals surface area contributed by atoms with Crippen molar-refractivity contribution in [1.82, 2.24) is 19.5 Å². The van der Waals surface area contributed by atoms with Crippen molar-refractivity contribution in [2.75, 3.05) is 0 Å². The first-order valence-electron chi connectivity index (χ1n) is 20.9. The number of aryl methyl sites for hydroxylation is 4. The normalized spacial score (nSPS) is 11.7. The molecule has 0 aliphatic carbocycles. The van der Waals surface area contributed by atoms with Crippen molar-refractivity contribution >= 4 is 21.8 Å². The summed E-state index contributed by atoms with van der Waals surface area (Å²) in [7, 11) is 0. The fourth-order valence-corrected chi connectivity index (χ4v) is 8.88. The minimum atomic E-state index is -4.60. The molecule has 0 saturated carbocycles. The van der Waals surface area contributed by atoms with Crippen LogP contribution in [0.2, 0.25) is 0 Å². The molecule has 0 saturated heterocycles. The highest BCUT2D eigenvalue weighted by atomic mass is 19.4. The van der Waals surface area contributed by atoms with Crippen LogP contribution in [0.15, 0.2) is 176 Å². The van der Waals surface area contributed by atoms with E-state index in [1.165, 1.54) is 17.2 Å². The molecule has 0 N–H and O–H groups in total. The molecule has 10 rings (SSSR count). The average molecular weight is 827 g/mol. The molecule has 0 unspecified atom stereocenters. The van der Waals surface area contributed by atoms with Gasteiger partial charge in [0, 0.05) is 33.0 Å². The lowest BCUT2D eigenvalue weighted by Crippen LogP contribution is -2.08. The van der Waals surface area contributed by atoms with E-state index in [1.54, 1.807) is 18.2 Å². The number of rotatable bonds is 7. The van der Waals surface area contributed by atoms with Gasteiger partial charge in [-0.2, -0.15) is 13.2 Å². The van der Waals surface area contributed by atoms with Crippen molar-refractivity contribution in [2.45, 2.75) is 33.9 Å². The van der Waals surface area contributed by atoms with E-state index >= 15 is 0 Å². The molecule has 7 heteroatoms. The Morgan fingerprint density at radius 2 is 0.825 bits per heavy atom. The molecule has 0 fully saturated rings. The average Bonchev–Trinajstić information content (AvgIpc) is 3.62. The van der Waals surface area contributed by atoms with Gasteiger partial charge in [-0.15, -0.1) is 0 Å². The third-order valence-electron chi connectivity index (χ3n) is 11.9. The van der Waals surface area contributed by atoms with Gasteiger partial charge in [0.25, 0.3) is 0 Å². The molecule has 306 valence electrons. The lowest BCUT2D eigenvalue weighted by molar-refractivity contribution is -0.137. The van der Waals surface area contributed by atoms with Gasteiger partial charge in [-0.1, -0.05) is 151 Å². The Bertz CT molecular complexity index is 3200. The predicted molar refractivity (Wildman–Crippen MR) is 251 cm³/mol. The second-order valence-corrected chi connectivity index (χ2v) is 16.2. The zero-order valence-corrected chi connectivity index (χ0v) is 35.2. The van der Waals surface area contributed by atoms with Gasteiger partial charge in [0.1, 0.15) is 0 Å². The molecule has 0 bridgehead atoms. The smallest absolute Gasteiger partial charge is 0.309 e. The third-order valence-corrected chi connectivity index (χ3v) is 11.9. The van der Waals surface area contributed by atoms with Gasteiger partial charge < -0.3 is 4.57 Å². The number of hydrogen-bond donors (Lipinski definition) is 0. The molecule has 0 atom stereocenters. The third kappa shape index (κ3) is 7.35. The molecule has 0 aliphatic heterocycles. The molecule has 8 aromatic carbocycles. The van der Waals surface area contributed by atoms with Gasteiger partial charge >= 0.3 is 6.18 Å². The number of fused-ring (bicyclic) bond motifs is 3. The van der Waals surface area contributed by atoms with Crippen LogP contribution in [0.5, 0.6) is 0 Å². The standard InChI is InChI=1S/C56H41F3N4/c1-34-19-24-43(36(3)29-34)40-22-27-50-47(31-40)48-32-41(44-25-20-35(2)30-37(44)4)23-28-51(48)63(50)52-33-42(21-26-46(52)45-17-11-12-18-49(45)56(57,58)59)55-61-53(38-13-7-5-8-14-38)60-54(62-55)39-15-9-6-10-16-39/h5-33H,1-4H3. The van der Waals surface area contributed by atoms with Crippen molar-refractivity contribution < 1.29 is 13.2 Å². The van der Waals surface area contributed by atoms with E-state index < -0.39 is 11.7 Å². The van der Waals surface area contributed by atoms with Crippen molar-refractivity contribution in [1.29, 1.82) is 0 Å². The Hall–Kier alpha value is -7.64. The predicted octanol–water partition coefficient (Wildman–Crippen LogP) is 15.2. The van der Waals surface area contributed by atoms with Crippen LogP contribution in [0.3, 0.4) is 0 Å². The topological polar surface area (TPSA) is 43.6 Å². The summed E-state index contributed by atoms with van der Waals surface area (Å²) in [6, 6.07) is 56.5. The largest absolute Gasteiger partial charge is 0.417 e. The number of aromatic nitrogens is 4. The first-order valence-corrected chi connectivity index (χ1v) is 20.9. The van der Waals surface area contributed by atoms with Crippen molar-refractivity contribution in [3.8, 4) is 73.2 Å². The Morgan fingerprint density at radius 1 is 0.381 bits per heavy atom. The van der Waals surface area contributed by atoms with Crippen LogP contribution in [-0.4, -0.2) is 19.5 Å². The van der Waals surface area contributed by atoms with Crippen LogP contribution in [0.25, 0.3) is 95.0 Å². The molecule has 63 heavy (non-hydrogen) atoms. The summed E-state index contributed by atoms with van der Waals surface area (Å²) in [5.41, 5.74) is 13.3. The van der Waals surface area contributed by atoms with Crippen molar-refractivity contribution in [3.05, 3.63) is 204 Å². The number of alkyl halides is 3. The summed E-state index contributed by atoms with van der Waals surface area (Å²) < 4.78 is 47.0. The highest BCUT2D eigenvalue weighted by Crippen LogP contribution is 2.44. The molecular formula is C56H41F3N4. The van der Waals surface area contributed by atoms with E-state index in [0.29, 0.717) is 34.3 Å². The van der Waals surface area contributed by atoms with E-state index in [-0.39, 0.29) is 5.56 Å². The molecular weight excluding hydrogens is 786 g/mol.